The van der Waals surface area contributed by atoms with Crippen LogP contribution in [-0.2, 0) is 13.0 Å². The van der Waals surface area contributed by atoms with Gasteiger partial charge in [0.15, 0.2) is 0 Å². The normalized spacial score (nSPS) is 14.2. The highest BCUT2D eigenvalue weighted by atomic mass is 16.5. The molecule has 0 saturated carbocycles. The molecule has 1 amide bonds. The van der Waals surface area contributed by atoms with E-state index in [1.54, 1.807) is 10.9 Å². The number of anilines is 1. The molecule has 0 atom stereocenters. The summed E-state index contributed by atoms with van der Waals surface area (Å²) in [5.74, 6) is 0.385. The Labute approximate surface area is 145 Å². The fourth-order valence-electron chi connectivity index (χ4n) is 3.65. The average molecular weight is 331 g/mol. The van der Waals surface area contributed by atoms with E-state index in [4.69, 9.17) is 4.74 Å². The first-order chi connectivity index (χ1) is 12.3. The quantitative estimate of drug-likeness (QED) is 0.612. The molecule has 5 nitrogen and oxygen atoms in total. The van der Waals surface area contributed by atoms with Gasteiger partial charge in [0.2, 0.25) is 5.88 Å². The summed E-state index contributed by atoms with van der Waals surface area (Å²) in [4.78, 5) is 12.6. The maximum atomic E-state index is 12.6. The molecule has 0 radical (unpaired) electrons. The maximum absolute atomic E-state index is 12.6. The van der Waals surface area contributed by atoms with Crippen molar-refractivity contribution in [2.24, 2.45) is 0 Å². The van der Waals surface area contributed by atoms with E-state index in [9.17, 15) is 4.79 Å². The summed E-state index contributed by atoms with van der Waals surface area (Å²) in [6, 6.07) is 14.5. The van der Waals surface area contributed by atoms with Gasteiger partial charge in [0, 0.05) is 18.7 Å². The van der Waals surface area contributed by atoms with Crippen molar-refractivity contribution in [2.75, 3.05) is 11.9 Å². The van der Waals surface area contributed by atoms with E-state index in [2.05, 4.69) is 46.8 Å². The number of hydrogen-bond acceptors (Lipinski definition) is 3. The summed E-state index contributed by atoms with van der Waals surface area (Å²) in [7, 11) is 0. The third-order valence-corrected chi connectivity index (χ3v) is 4.84. The average Bonchev–Trinajstić information content (AvgIpc) is 3.22. The third kappa shape index (κ3) is 2.31. The van der Waals surface area contributed by atoms with Crippen molar-refractivity contribution in [3.05, 3.63) is 65.4 Å². The molecule has 1 N–H and O–H groups in total. The summed E-state index contributed by atoms with van der Waals surface area (Å²) < 4.78 is 7.36. The first-order valence-corrected chi connectivity index (χ1v) is 8.51. The zero-order valence-corrected chi connectivity index (χ0v) is 13.7. The summed E-state index contributed by atoms with van der Waals surface area (Å²) >= 11 is 0. The molecule has 0 spiro atoms. The zero-order valence-electron chi connectivity index (χ0n) is 13.7. The lowest BCUT2D eigenvalue weighted by Crippen LogP contribution is -2.18. The largest absolute Gasteiger partial charge is 0.477 e. The second kappa shape index (κ2) is 5.48. The number of aryl methyl sites for hydroxylation is 1. The first kappa shape index (κ1) is 14.3. The van der Waals surface area contributed by atoms with Crippen molar-refractivity contribution >= 4 is 11.6 Å². The highest BCUT2D eigenvalue weighted by Crippen LogP contribution is 2.37. The van der Waals surface area contributed by atoms with Gasteiger partial charge in [0.1, 0.15) is 5.56 Å². The molecule has 5 heteroatoms. The van der Waals surface area contributed by atoms with Gasteiger partial charge in [0.05, 0.1) is 12.8 Å². The van der Waals surface area contributed by atoms with E-state index in [0.717, 1.165) is 25.1 Å². The van der Waals surface area contributed by atoms with Crippen LogP contribution in [0, 0.1) is 0 Å². The van der Waals surface area contributed by atoms with Crippen molar-refractivity contribution < 1.29 is 9.53 Å². The predicted molar refractivity (Wildman–Crippen MR) is 95.0 cm³/mol. The van der Waals surface area contributed by atoms with Crippen LogP contribution in [-0.4, -0.2) is 22.3 Å². The molecule has 0 fully saturated rings. The molecule has 2 heterocycles. The van der Waals surface area contributed by atoms with E-state index in [-0.39, 0.29) is 5.91 Å². The standard InChI is InChI=1S/C20H17N3O2/c24-19(18-12-21-23-8-3-9-25-20(18)23)22-15-6-7-17-14(11-15)10-13-4-1-2-5-16(13)17/h1-2,4-7,11-12H,3,8-10H2,(H,22,24). The topological polar surface area (TPSA) is 56.2 Å². The number of benzene rings is 2. The summed E-state index contributed by atoms with van der Waals surface area (Å²) in [5, 5.41) is 7.21. The number of nitrogens with zero attached hydrogens (tertiary/aromatic N) is 2. The van der Waals surface area contributed by atoms with Gasteiger partial charge in [-0.25, -0.2) is 4.68 Å². The number of carbonyl (C=O) groups is 1. The van der Waals surface area contributed by atoms with Gasteiger partial charge in [0.25, 0.3) is 5.91 Å². The van der Waals surface area contributed by atoms with Crippen LogP contribution in [0.1, 0.15) is 27.9 Å². The Balaban J connectivity index is 1.41. The predicted octanol–water partition coefficient (Wildman–Crippen LogP) is 3.49. The third-order valence-electron chi connectivity index (χ3n) is 4.84. The van der Waals surface area contributed by atoms with Crippen molar-refractivity contribution in [1.29, 1.82) is 0 Å². The smallest absolute Gasteiger partial charge is 0.262 e. The Hall–Kier alpha value is -3.08. The van der Waals surface area contributed by atoms with E-state index >= 15 is 0 Å². The molecular weight excluding hydrogens is 314 g/mol. The van der Waals surface area contributed by atoms with Crippen molar-refractivity contribution in [3.8, 4) is 17.0 Å². The maximum Gasteiger partial charge on any atom is 0.262 e. The zero-order chi connectivity index (χ0) is 16.8. The highest BCUT2D eigenvalue weighted by molar-refractivity contribution is 6.06. The number of carbonyl (C=O) groups excluding carboxylic acids is 1. The lowest BCUT2D eigenvalue weighted by Gasteiger charge is -2.16. The summed E-state index contributed by atoms with van der Waals surface area (Å²) in [6.07, 6.45) is 3.40. The van der Waals surface area contributed by atoms with Crippen LogP contribution in [0.3, 0.4) is 0 Å². The van der Waals surface area contributed by atoms with Crippen LogP contribution in [0.15, 0.2) is 48.7 Å². The molecule has 2 aromatic carbocycles. The Morgan fingerprint density at radius 1 is 1.12 bits per heavy atom. The minimum atomic E-state index is -0.182. The van der Waals surface area contributed by atoms with E-state index in [1.165, 1.54) is 22.3 Å². The lowest BCUT2D eigenvalue weighted by molar-refractivity contribution is 0.102. The number of ether oxygens (including phenoxy) is 1. The highest BCUT2D eigenvalue weighted by Gasteiger charge is 2.23. The number of amides is 1. The van der Waals surface area contributed by atoms with Crippen molar-refractivity contribution in [1.82, 2.24) is 9.78 Å². The molecule has 25 heavy (non-hydrogen) atoms. The SMILES string of the molecule is O=C(Nc1ccc2c(c1)Cc1ccccc1-2)c1cnn2c1OCCC2. The number of fused-ring (bicyclic) bond motifs is 4. The minimum Gasteiger partial charge on any atom is -0.477 e. The molecular formula is C20H17N3O2. The number of rotatable bonds is 2. The lowest BCUT2D eigenvalue weighted by atomic mass is 10.1. The van der Waals surface area contributed by atoms with E-state index in [1.807, 2.05) is 6.07 Å². The van der Waals surface area contributed by atoms with Crippen LogP contribution in [0.2, 0.25) is 0 Å². The van der Waals surface area contributed by atoms with Gasteiger partial charge in [-0.3, -0.25) is 4.79 Å². The van der Waals surface area contributed by atoms with E-state index in [0.29, 0.717) is 18.1 Å². The first-order valence-electron chi connectivity index (χ1n) is 8.51. The molecule has 5 rings (SSSR count). The molecule has 2 aliphatic rings. The van der Waals surface area contributed by atoms with Crippen LogP contribution in [0.4, 0.5) is 5.69 Å². The second-order valence-electron chi connectivity index (χ2n) is 6.45. The van der Waals surface area contributed by atoms with Gasteiger partial charge in [-0.05, 0) is 40.8 Å². The van der Waals surface area contributed by atoms with Gasteiger partial charge >= 0.3 is 0 Å². The molecule has 0 saturated heterocycles. The molecule has 0 bridgehead atoms. The number of hydrogen-bond donors (Lipinski definition) is 1. The molecule has 1 aliphatic heterocycles. The Kier molecular flexibility index (Phi) is 3.13. The molecule has 0 unspecified atom stereocenters. The van der Waals surface area contributed by atoms with Crippen LogP contribution in [0.5, 0.6) is 5.88 Å². The van der Waals surface area contributed by atoms with Crippen molar-refractivity contribution in [2.45, 2.75) is 19.4 Å². The fraction of sp³-hybridized carbons (Fsp3) is 0.200. The van der Waals surface area contributed by atoms with Gasteiger partial charge in [-0.2, -0.15) is 5.10 Å². The molecule has 3 aromatic rings. The van der Waals surface area contributed by atoms with Crippen LogP contribution >= 0.6 is 0 Å². The fourth-order valence-corrected chi connectivity index (χ4v) is 3.65. The monoisotopic (exact) mass is 331 g/mol. The number of aromatic nitrogens is 2. The summed E-state index contributed by atoms with van der Waals surface area (Å²) in [5.41, 5.74) is 6.40. The second-order valence-corrected chi connectivity index (χ2v) is 6.45. The van der Waals surface area contributed by atoms with Crippen LogP contribution in [0.25, 0.3) is 11.1 Å². The molecule has 1 aromatic heterocycles. The Morgan fingerprint density at radius 3 is 2.96 bits per heavy atom. The molecule has 124 valence electrons. The number of nitrogens with one attached hydrogen (secondary N) is 1. The Morgan fingerprint density at radius 2 is 2.00 bits per heavy atom. The van der Waals surface area contributed by atoms with E-state index < -0.39 is 0 Å². The summed E-state index contributed by atoms with van der Waals surface area (Å²) in [6.45, 7) is 1.42. The molecule has 1 aliphatic carbocycles. The van der Waals surface area contributed by atoms with Gasteiger partial charge < -0.3 is 10.1 Å². The Bertz CT molecular complexity index is 990. The van der Waals surface area contributed by atoms with Crippen LogP contribution < -0.4 is 10.1 Å². The van der Waals surface area contributed by atoms with Crippen molar-refractivity contribution in [3.63, 3.8) is 0 Å². The van der Waals surface area contributed by atoms with Gasteiger partial charge in [-0.15, -0.1) is 0 Å². The minimum absolute atomic E-state index is 0.182. The van der Waals surface area contributed by atoms with Gasteiger partial charge in [-0.1, -0.05) is 30.3 Å².